The predicted molar refractivity (Wildman–Crippen MR) is 68.9 cm³/mol. The molecule has 2 aliphatic rings. The van der Waals surface area contributed by atoms with Gasteiger partial charge in [-0.1, -0.05) is 25.2 Å². The Labute approximate surface area is 108 Å². The third kappa shape index (κ3) is 2.55. The van der Waals surface area contributed by atoms with Crippen LogP contribution in [0.15, 0.2) is 23.8 Å². The number of rotatable bonds is 3. The highest BCUT2D eigenvalue weighted by Gasteiger charge is 2.40. The van der Waals surface area contributed by atoms with Gasteiger partial charge >= 0.3 is 5.97 Å². The van der Waals surface area contributed by atoms with Crippen LogP contribution >= 0.6 is 0 Å². The van der Waals surface area contributed by atoms with Gasteiger partial charge < -0.3 is 9.53 Å². The fourth-order valence-corrected chi connectivity index (χ4v) is 2.83. The molecule has 0 aromatic heterocycles. The number of ketones is 1. The quantitative estimate of drug-likeness (QED) is 0.438. The highest BCUT2D eigenvalue weighted by Crippen LogP contribution is 2.39. The van der Waals surface area contributed by atoms with Crippen LogP contribution in [0.3, 0.4) is 0 Å². The van der Waals surface area contributed by atoms with Crippen LogP contribution in [0, 0.1) is 11.8 Å². The Balaban J connectivity index is 2.08. The second kappa shape index (κ2) is 5.09. The Kier molecular flexibility index (Phi) is 3.69. The number of carbonyl (C=O) groups is 2. The monoisotopic (exact) mass is 248 g/mol. The Hall–Kier alpha value is -1.38. The Morgan fingerprint density at radius 3 is 2.94 bits per heavy atom. The molecule has 0 aromatic carbocycles. The van der Waals surface area contributed by atoms with Gasteiger partial charge in [0.15, 0.2) is 0 Å². The zero-order chi connectivity index (χ0) is 13.3. The minimum Gasteiger partial charge on any atom is -0.458 e. The van der Waals surface area contributed by atoms with Gasteiger partial charge in [-0.25, -0.2) is 4.79 Å². The lowest BCUT2D eigenvalue weighted by molar-refractivity contribution is -0.139. The van der Waals surface area contributed by atoms with E-state index in [9.17, 15) is 9.59 Å². The summed E-state index contributed by atoms with van der Waals surface area (Å²) in [6.45, 7) is 7.60. The number of allylic oxidation sites excluding steroid dienone is 2. The van der Waals surface area contributed by atoms with Crippen LogP contribution in [0.4, 0.5) is 0 Å². The number of ether oxygens (including phenoxy) is 1. The molecule has 0 N–H and O–H groups in total. The molecule has 98 valence electrons. The first-order valence-electron chi connectivity index (χ1n) is 6.57. The van der Waals surface area contributed by atoms with Gasteiger partial charge in [-0.15, -0.1) is 0 Å². The van der Waals surface area contributed by atoms with E-state index in [2.05, 4.69) is 19.6 Å². The molecule has 18 heavy (non-hydrogen) atoms. The van der Waals surface area contributed by atoms with Crippen LogP contribution in [-0.4, -0.2) is 17.9 Å². The van der Waals surface area contributed by atoms with Gasteiger partial charge in [-0.05, 0) is 32.1 Å². The van der Waals surface area contributed by atoms with Crippen LogP contribution in [0.2, 0.25) is 0 Å². The Morgan fingerprint density at radius 1 is 1.56 bits per heavy atom. The number of hydrogen-bond donors (Lipinski definition) is 0. The van der Waals surface area contributed by atoms with E-state index < -0.39 is 0 Å². The second-order valence-corrected chi connectivity index (χ2v) is 5.43. The van der Waals surface area contributed by atoms with E-state index in [-0.39, 0.29) is 23.8 Å². The van der Waals surface area contributed by atoms with Gasteiger partial charge in [0.1, 0.15) is 11.9 Å². The molecule has 1 aliphatic carbocycles. The molecule has 3 heteroatoms. The largest absolute Gasteiger partial charge is 0.458 e. The molecule has 2 rings (SSSR count). The molecule has 0 amide bonds. The molecule has 3 nitrogen and oxygen atoms in total. The Bertz CT molecular complexity index is 419. The fourth-order valence-electron chi connectivity index (χ4n) is 2.83. The van der Waals surface area contributed by atoms with E-state index in [1.165, 1.54) is 5.57 Å². The summed E-state index contributed by atoms with van der Waals surface area (Å²) in [5.74, 6) is 0.494. The van der Waals surface area contributed by atoms with Crippen LogP contribution in [0.25, 0.3) is 0 Å². The van der Waals surface area contributed by atoms with Gasteiger partial charge in [-0.3, -0.25) is 0 Å². The van der Waals surface area contributed by atoms with Crippen molar-refractivity contribution in [3.05, 3.63) is 23.8 Å². The molecule has 1 saturated heterocycles. The number of carbonyl (C=O) groups excluding carboxylic acids is 2. The Morgan fingerprint density at radius 2 is 2.28 bits per heavy atom. The minimum atomic E-state index is -0.238. The summed E-state index contributed by atoms with van der Waals surface area (Å²) >= 11 is 0. The first-order valence-corrected chi connectivity index (χ1v) is 6.57. The van der Waals surface area contributed by atoms with Crippen molar-refractivity contribution in [2.75, 3.05) is 0 Å². The fraction of sp³-hybridized carbons (Fsp3) is 0.600. The van der Waals surface area contributed by atoms with Gasteiger partial charge in [0.05, 0.1) is 0 Å². The molecule has 1 unspecified atom stereocenters. The predicted octanol–water partition coefficient (Wildman–Crippen LogP) is 2.81. The van der Waals surface area contributed by atoms with Gasteiger partial charge in [0.2, 0.25) is 0 Å². The summed E-state index contributed by atoms with van der Waals surface area (Å²) in [6, 6.07) is 0. The van der Waals surface area contributed by atoms with Gasteiger partial charge in [0, 0.05) is 17.9 Å². The summed E-state index contributed by atoms with van der Waals surface area (Å²) in [5.41, 5.74) is 1.93. The van der Waals surface area contributed by atoms with Crippen LogP contribution in [0.1, 0.15) is 39.5 Å². The smallest absolute Gasteiger partial charge is 0.334 e. The lowest BCUT2D eigenvalue weighted by Crippen LogP contribution is -2.17. The third-order valence-electron chi connectivity index (χ3n) is 4.04. The zero-order valence-corrected chi connectivity index (χ0v) is 11.1. The van der Waals surface area contributed by atoms with E-state index in [4.69, 9.17) is 4.74 Å². The molecule has 0 radical (unpaired) electrons. The van der Waals surface area contributed by atoms with E-state index in [0.29, 0.717) is 17.9 Å². The minimum absolute atomic E-state index is 0.0221. The van der Waals surface area contributed by atoms with Crippen molar-refractivity contribution in [2.24, 2.45) is 11.8 Å². The SMILES string of the molecule is C=C1C(=O)O[C@H]2CC(C)C(CCC(C)=O)=CC[C@H]12. The molecule has 1 fully saturated rings. The zero-order valence-electron chi connectivity index (χ0n) is 11.1. The summed E-state index contributed by atoms with van der Waals surface area (Å²) in [4.78, 5) is 22.5. The average Bonchev–Trinajstić information content (AvgIpc) is 2.46. The third-order valence-corrected chi connectivity index (χ3v) is 4.04. The first kappa shape index (κ1) is 13.1. The number of Topliss-reactive ketones (excluding diaryl/α,β-unsaturated/α-hetero) is 1. The molecule has 0 saturated carbocycles. The number of hydrogen-bond acceptors (Lipinski definition) is 3. The summed E-state index contributed by atoms with van der Waals surface area (Å²) in [5, 5.41) is 0. The standard InChI is InChI=1S/C15H20O3/c1-9-8-14-13(11(3)15(17)18-14)7-6-12(9)5-4-10(2)16/h6,9,13-14H,3-5,7-8H2,1-2H3/t9?,13-,14+/m1/s1. The van der Waals surface area contributed by atoms with Crippen molar-refractivity contribution in [1.29, 1.82) is 0 Å². The van der Waals surface area contributed by atoms with Crippen molar-refractivity contribution in [3.8, 4) is 0 Å². The molecule has 0 spiro atoms. The first-order chi connectivity index (χ1) is 8.49. The normalized spacial score (nSPS) is 31.4. The van der Waals surface area contributed by atoms with Crippen LogP contribution < -0.4 is 0 Å². The van der Waals surface area contributed by atoms with E-state index in [1.54, 1.807) is 6.92 Å². The summed E-state index contributed by atoms with van der Waals surface area (Å²) < 4.78 is 5.36. The summed E-state index contributed by atoms with van der Waals surface area (Å²) in [6.07, 6.45) is 5.26. The second-order valence-electron chi connectivity index (χ2n) is 5.43. The number of fused-ring (bicyclic) bond motifs is 1. The summed E-state index contributed by atoms with van der Waals surface area (Å²) in [7, 11) is 0. The topological polar surface area (TPSA) is 43.4 Å². The van der Waals surface area contributed by atoms with E-state index in [0.717, 1.165) is 19.3 Å². The molecule has 3 atom stereocenters. The lowest BCUT2D eigenvalue weighted by Gasteiger charge is -2.18. The maximum atomic E-state index is 11.5. The van der Waals surface area contributed by atoms with Crippen molar-refractivity contribution in [3.63, 3.8) is 0 Å². The lowest BCUT2D eigenvalue weighted by atomic mass is 9.90. The van der Waals surface area contributed by atoms with Crippen molar-refractivity contribution >= 4 is 11.8 Å². The molecule has 1 aliphatic heterocycles. The number of esters is 1. The van der Waals surface area contributed by atoms with E-state index >= 15 is 0 Å². The van der Waals surface area contributed by atoms with Gasteiger partial charge in [-0.2, -0.15) is 0 Å². The maximum absolute atomic E-state index is 11.5. The highest BCUT2D eigenvalue weighted by molar-refractivity contribution is 5.90. The molecule has 0 bridgehead atoms. The highest BCUT2D eigenvalue weighted by atomic mass is 16.6. The van der Waals surface area contributed by atoms with Crippen molar-refractivity contribution < 1.29 is 14.3 Å². The molecule has 0 aromatic rings. The van der Waals surface area contributed by atoms with Crippen LogP contribution in [-0.2, 0) is 14.3 Å². The van der Waals surface area contributed by atoms with Crippen molar-refractivity contribution in [1.82, 2.24) is 0 Å². The molecular formula is C15H20O3. The van der Waals surface area contributed by atoms with Crippen LogP contribution in [0.5, 0.6) is 0 Å². The molecule has 1 heterocycles. The van der Waals surface area contributed by atoms with Crippen molar-refractivity contribution in [2.45, 2.75) is 45.6 Å². The average molecular weight is 248 g/mol. The van der Waals surface area contributed by atoms with Gasteiger partial charge in [0.25, 0.3) is 0 Å². The maximum Gasteiger partial charge on any atom is 0.334 e. The molecular weight excluding hydrogens is 228 g/mol. The van der Waals surface area contributed by atoms with E-state index in [1.807, 2.05) is 0 Å².